The van der Waals surface area contributed by atoms with Gasteiger partial charge in [0, 0.05) is 10.9 Å². The van der Waals surface area contributed by atoms with Gasteiger partial charge < -0.3 is 0 Å². The van der Waals surface area contributed by atoms with Gasteiger partial charge in [-0.3, -0.25) is 0 Å². The van der Waals surface area contributed by atoms with E-state index in [9.17, 15) is 8.42 Å². The van der Waals surface area contributed by atoms with Crippen molar-refractivity contribution in [3.05, 3.63) is 14.7 Å². The Labute approximate surface area is 128 Å². The van der Waals surface area contributed by atoms with Crippen molar-refractivity contribution in [2.24, 2.45) is 11.8 Å². The lowest BCUT2D eigenvalue weighted by Crippen LogP contribution is -2.37. The maximum atomic E-state index is 12.4. The number of hydrogen-bond donors (Lipinski definition) is 1. The third kappa shape index (κ3) is 3.23. The van der Waals surface area contributed by atoms with Crippen molar-refractivity contribution in [3.8, 4) is 0 Å². The van der Waals surface area contributed by atoms with Gasteiger partial charge in [0.1, 0.15) is 0 Å². The molecule has 6 heteroatoms. The monoisotopic (exact) mass is 365 g/mol. The zero-order valence-electron chi connectivity index (χ0n) is 11.4. The van der Waals surface area contributed by atoms with Gasteiger partial charge in [-0.2, -0.15) is 0 Å². The molecule has 0 aliphatic heterocycles. The predicted octanol–water partition coefficient (Wildman–Crippen LogP) is 3.92. The van der Waals surface area contributed by atoms with Crippen LogP contribution in [0.5, 0.6) is 0 Å². The minimum atomic E-state index is -3.39. The van der Waals surface area contributed by atoms with Gasteiger partial charge in [0.05, 0.1) is 8.68 Å². The molecule has 3 nitrogen and oxygen atoms in total. The average Bonchev–Trinajstić information content (AvgIpc) is 2.83. The number of halogens is 1. The van der Waals surface area contributed by atoms with E-state index in [1.54, 1.807) is 6.07 Å². The number of rotatable bonds is 4. The van der Waals surface area contributed by atoms with E-state index in [-0.39, 0.29) is 6.04 Å². The zero-order valence-corrected chi connectivity index (χ0v) is 14.7. The SMILES string of the molecule is CCC1CCC(NS(=O)(=O)c2cc(Br)sc2C)C1C. The summed E-state index contributed by atoms with van der Waals surface area (Å²) in [5.74, 6) is 1.06. The molecule has 1 aromatic rings. The van der Waals surface area contributed by atoms with Crippen LogP contribution in [0.25, 0.3) is 0 Å². The van der Waals surface area contributed by atoms with Gasteiger partial charge in [0.15, 0.2) is 0 Å². The molecule has 1 heterocycles. The van der Waals surface area contributed by atoms with E-state index in [1.807, 2.05) is 6.92 Å². The molecule has 0 saturated heterocycles. The van der Waals surface area contributed by atoms with E-state index in [4.69, 9.17) is 0 Å². The van der Waals surface area contributed by atoms with E-state index in [2.05, 4.69) is 34.5 Å². The number of thiophene rings is 1. The number of aryl methyl sites for hydroxylation is 1. The van der Waals surface area contributed by atoms with Crippen LogP contribution in [0.2, 0.25) is 0 Å². The van der Waals surface area contributed by atoms with Crippen molar-refractivity contribution in [1.29, 1.82) is 0 Å². The molecule has 1 aromatic heterocycles. The molecule has 3 atom stereocenters. The van der Waals surface area contributed by atoms with E-state index in [1.165, 1.54) is 11.3 Å². The molecule has 0 spiro atoms. The summed E-state index contributed by atoms with van der Waals surface area (Å²) in [6, 6.07) is 1.77. The first kappa shape index (κ1) is 15.5. The highest BCUT2D eigenvalue weighted by atomic mass is 79.9. The van der Waals surface area contributed by atoms with Crippen LogP contribution in [0.15, 0.2) is 14.7 Å². The topological polar surface area (TPSA) is 46.2 Å². The van der Waals surface area contributed by atoms with Crippen LogP contribution in [0.1, 0.15) is 38.0 Å². The van der Waals surface area contributed by atoms with Crippen LogP contribution < -0.4 is 4.72 Å². The lowest BCUT2D eigenvalue weighted by atomic mass is 9.94. The standard InChI is InChI=1S/C13H20BrNO2S2/c1-4-10-5-6-11(8(10)2)15-19(16,17)12-7-13(14)18-9(12)3/h7-8,10-11,15H,4-6H2,1-3H3. The molecule has 19 heavy (non-hydrogen) atoms. The van der Waals surface area contributed by atoms with Gasteiger partial charge in [-0.1, -0.05) is 20.3 Å². The summed E-state index contributed by atoms with van der Waals surface area (Å²) in [7, 11) is -3.39. The second kappa shape index (κ2) is 5.84. The Kier molecular flexibility index (Phi) is 4.75. The normalized spacial score (nSPS) is 27.9. The number of sulfonamides is 1. The smallest absolute Gasteiger partial charge is 0.208 e. The highest BCUT2D eigenvalue weighted by molar-refractivity contribution is 9.11. The van der Waals surface area contributed by atoms with Crippen LogP contribution in [-0.4, -0.2) is 14.5 Å². The molecule has 1 saturated carbocycles. The molecule has 1 N–H and O–H groups in total. The summed E-state index contributed by atoms with van der Waals surface area (Å²) < 4.78 is 28.6. The summed E-state index contributed by atoms with van der Waals surface area (Å²) in [6.07, 6.45) is 3.20. The Morgan fingerprint density at radius 3 is 2.63 bits per heavy atom. The summed E-state index contributed by atoms with van der Waals surface area (Å²) in [4.78, 5) is 1.24. The molecule has 0 bridgehead atoms. The minimum Gasteiger partial charge on any atom is -0.208 e. The molecule has 0 aromatic carbocycles. The first-order chi connectivity index (χ1) is 8.85. The Morgan fingerprint density at radius 1 is 1.47 bits per heavy atom. The van der Waals surface area contributed by atoms with Crippen LogP contribution in [-0.2, 0) is 10.0 Å². The largest absolute Gasteiger partial charge is 0.241 e. The van der Waals surface area contributed by atoms with E-state index in [0.29, 0.717) is 16.7 Å². The second-order valence-electron chi connectivity index (χ2n) is 5.30. The summed E-state index contributed by atoms with van der Waals surface area (Å²) >= 11 is 4.80. The van der Waals surface area contributed by atoms with Crippen molar-refractivity contribution in [3.63, 3.8) is 0 Å². The van der Waals surface area contributed by atoms with Crippen molar-refractivity contribution in [2.45, 2.75) is 51.0 Å². The van der Waals surface area contributed by atoms with Gasteiger partial charge in [-0.25, -0.2) is 13.1 Å². The molecule has 0 amide bonds. The molecule has 1 fully saturated rings. The first-order valence-electron chi connectivity index (χ1n) is 6.63. The number of nitrogens with one attached hydrogen (secondary N) is 1. The Hall–Kier alpha value is 0.0900. The molecule has 3 unspecified atom stereocenters. The third-order valence-electron chi connectivity index (χ3n) is 4.19. The molecule has 1 aliphatic carbocycles. The van der Waals surface area contributed by atoms with Crippen LogP contribution in [0, 0.1) is 18.8 Å². The highest BCUT2D eigenvalue weighted by Crippen LogP contribution is 2.36. The van der Waals surface area contributed by atoms with Gasteiger partial charge in [0.25, 0.3) is 0 Å². The lowest BCUT2D eigenvalue weighted by molar-refractivity contribution is 0.368. The van der Waals surface area contributed by atoms with Crippen LogP contribution in [0.4, 0.5) is 0 Å². The van der Waals surface area contributed by atoms with Gasteiger partial charge in [-0.05, 0) is 53.6 Å². The van der Waals surface area contributed by atoms with Gasteiger partial charge in [-0.15, -0.1) is 11.3 Å². The fourth-order valence-corrected chi connectivity index (χ4v) is 6.73. The lowest BCUT2D eigenvalue weighted by Gasteiger charge is -2.20. The van der Waals surface area contributed by atoms with E-state index in [0.717, 1.165) is 27.9 Å². The van der Waals surface area contributed by atoms with Crippen molar-refractivity contribution >= 4 is 37.3 Å². The third-order valence-corrected chi connectivity index (χ3v) is 7.49. The molecule has 1 aliphatic rings. The highest BCUT2D eigenvalue weighted by Gasteiger charge is 2.35. The molecule has 108 valence electrons. The van der Waals surface area contributed by atoms with Crippen molar-refractivity contribution in [2.75, 3.05) is 0 Å². The zero-order chi connectivity index (χ0) is 14.2. The Balaban J connectivity index is 2.17. The fraction of sp³-hybridized carbons (Fsp3) is 0.692. The van der Waals surface area contributed by atoms with Gasteiger partial charge in [0.2, 0.25) is 10.0 Å². The molecular formula is C13H20BrNO2S2. The quantitative estimate of drug-likeness (QED) is 0.878. The summed E-state index contributed by atoms with van der Waals surface area (Å²) in [6.45, 7) is 6.18. The van der Waals surface area contributed by atoms with Gasteiger partial charge >= 0.3 is 0 Å². The van der Waals surface area contributed by atoms with Crippen molar-refractivity contribution in [1.82, 2.24) is 4.72 Å². The average molecular weight is 366 g/mol. The first-order valence-corrected chi connectivity index (χ1v) is 9.72. The fourth-order valence-electron chi connectivity index (χ4n) is 2.95. The van der Waals surface area contributed by atoms with Crippen LogP contribution >= 0.6 is 27.3 Å². The summed E-state index contributed by atoms with van der Waals surface area (Å²) in [5, 5.41) is 0. The summed E-state index contributed by atoms with van der Waals surface area (Å²) in [5.41, 5.74) is 0. The second-order valence-corrected chi connectivity index (χ2v) is 9.62. The number of hydrogen-bond acceptors (Lipinski definition) is 3. The van der Waals surface area contributed by atoms with Crippen molar-refractivity contribution < 1.29 is 8.42 Å². The van der Waals surface area contributed by atoms with Crippen LogP contribution in [0.3, 0.4) is 0 Å². The maximum Gasteiger partial charge on any atom is 0.241 e. The van der Waals surface area contributed by atoms with E-state index < -0.39 is 10.0 Å². The maximum absolute atomic E-state index is 12.4. The predicted molar refractivity (Wildman–Crippen MR) is 83.0 cm³/mol. The molecule has 0 radical (unpaired) electrons. The van der Waals surface area contributed by atoms with E-state index >= 15 is 0 Å². The Morgan fingerprint density at radius 2 is 2.16 bits per heavy atom. The minimum absolute atomic E-state index is 0.0769. The molecule has 2 rings (SSSR count). The molecular weight excluding hydrogens is 346 g/mol. The Bertz CT molecular complexity index is 553.